The van der Waals surface area contributed by atoms with Gasteiger partial charge in [-0.05, 0) is 90.5 Å². The van der Waals surface area contributed by atoms with Crippen molar-refractivity contribution >= 4 is 39.7 Å². The Kier molecular flexibility index (Phi) is 8.95. The van der Waals surface area contributed by atoms with Gasteiger partial charge in [0.15, 0.2) is 16.7 Å². The van der Waals surface area contributed by atoms with E-state index in [1.807, 2.05) is 36.1 Å². The van der Waals surface area contributed by atoms with Crippen molar-refractivity contribution in [3.63, 3.8) is 0 Å². The minimum atomic E-state index is 0.103. The van der Waals surface area contributed by atoms with Crippen molar-refractivity contribution < 1.29 is 14.3 Å². The van der Waals surface area contributed by atoms with E-state index in [9.17, 15) is 4.79 Å². The maximum atomic E-state index is 13.8. The fourth-order valence-electron chi connectivity index (χ4n) is 6.25. The van der Waals surface area contributed by atoms with E-state index in [2.05, 4.69) is 42.5 Å². The molecule has 3 aromatic carbocycles. The highest BCUT2D eigenvalue weighted by Gasteiger charge is 2.39. The second-order valence-corrected chi connectivity index (χ2v) is 12.4. The van der Waals surface area contributed by atoms with Gasteiger partial charge in [0.05, 0.1) is 17.6 Å². The van der Waals surface area contributed by atoms with Crippen molar-refractivity contribution in [1.82, 2.24) is 4.90 Å². The SMILES string of the molecule is CCOc1cc(C=C2SC(=NC3CCCCC3)N(C3CCCCC3)C2=O)ccc1OCc1ccc2ccccc2c1. The van der Waals surface area contributed by atoms with Gasteiger partial charge in [-0.15, -0.1) is 0 Å². The molecule has 2 saturated carbocycles. The van der Waals surface area contributed by atoms with Crippen LogP contribution >= 0.6 is 11.8 Å². The summed E-state index contributed by atoms with van der Waals surface area (Å²) in [5.41, 5.74) is 2.04. The summed E-state index contributed by atoms with van der Waals surface area (Å²) in [5, 5.41) is 3.34. The highest BCUT2D eigenvalue weighted by atomic mass is 32.2. The summed E-state index contributed by atoms with van der Waals surface area (Å²) >= 11 is 1.56. The van der Waals surface area contributed by atoms with Gasteiger partial charge in [0, 0.05) is 6.04 Å². The van der Waals surface area contributed by atoms with Crippen LogP contribution in [-0.4, -0.2) is 34.7 Å². The molecule has 1 amide bonds. The van der Waals surface area contributed by atoms with Crippen LogP contribution in [0.2, 0.25) is 0 Å². The molecule has 2 aliphatic carbocycles. The Morgan fingerprint density at radius 2 is 1.61 bits per heavy atom. The van der Waals surface area contributed by atoms with Crippen LogP contribution in [0.3, 0.4) is 0 Å². The third kappa shape index (κ3) is 6.64. The molecule has 0 radical (unpaired) electrons. The Morgan fingerprint density at radius 3 is 2.39 bits per heavy atom. The molecule has 0 aromatic heterocycles. The van der Waals surface area contributed by atoms with Crippen LogP contribution in [0, 0.1) is 0 Å². The van der Waals surface area contributed by atoms with Crippen LogP contribution < -0.4 is 9.47 Å². The summed E-state index contributed by atoms with van der Waals surface area (Å²) in [5.74, 6) is 1.50. The number of rotatable bonds is 8. The van der Waals surface area contributed by atoms with Crippen LogP contribution in [0.25, 0.3) is 16.8 Å². The molecule has 5 nitrogen and oxygen atoms in total. The normalized spacial score (nSPS) is 20.8. The number of hydrogen-bond acceptors (Lipinski definition) is 5. The number of amides is 1. The summed E-state index contributed by atoms with van der Waals surface area (Å²) in [6.07, 6.45) is 13.8. The van der Waals surface area contributed by atoms with E-state index in [0.717, 1.165) is 46.9 Å². The molecule has 0 unspecified atom stereocenters. The van der Waals surface area contributed by atoms with Gasteiger partial charge in [0.1, 0.15) is 6.61 Å². The molecule has 1 aliphatic heterocycles. The van der Waals surface area contributed by atoms with Crippen molar-refractivity contribution in [2.45, 2.75) is 89.8 Å². The lowest BCUT2D eigenvalue weighted by Gasteiger charge is -2.31. The quantitative estimate of drug-likeness (QED) is 0.255. The van der Waals surface area contributed by atoms with Crippen LogP contribution in [0.4, 0.5) is 0 Å². The predicted octanol–water partition coefficient (Wildman–Crippen LogP) is 8.76. The van der Waals surface area contributed by atoms with E-state index < -0.39 is 0 Å². The number of thioether (sulfide) groups is 1. The number of carbonyl (C=O) groups is 1. The Labute approximate surface area is 248 Å². The molecular formula is C35H40N2O3S. The van der Waals surface area contributed by atoms with Crippen molar-refractivity contribution in [2.24, 2.45) is 4.99 Å². The van der Waals surface area contributed by atoms with Crippen molar-refractivity contribution in [2.75, 3.05) is 6.61 Å². The van der Waals surface area contributed by atoms with Gasteiger partial charge in [0.2, 0.25) is 0 Å². The minimum absolute atomic E-state index is 0.103. The molecule has 3 fully saturated rings. The zero-order valence-electron chi connectivity index (χ0n) is 24.0. The Morgan fingerprint density at radius 1 is 0.854 bits per heavy atom. The second kappa shape index (κ2) is 13.2. The molecule has 0 N–H and O–H groups in total. The van der Waals surface area contributed by atoms with Crippen LogP contribution in [0.1, 0.15) is 82.3 Å². The Hall–Kier alpha value is -3.25. The van der Waals surface area contributed by atoms with Crippen LogP contribution in [0.15, 0.2) is 70.6 Å². The first-order valence-electron chi connectivity index (χ1n) is 15.4. The Balaban J connectivity index is 1.22. The van der Waals surface area contributed by atoms with Gasteiger partial charge in [-0.3, -0.25) is 14.7 Å². The maximum Gasteiger partial charge on any atom is 0.266 e. The largest absolute Gasteiger partial charge is 0.490 e. The van der Waals surface area contributed by atoms with Gasteiger partial charge in [-0.25, -0.2) is 0 Å². The van der Waals surface area contributed by atoms with E-state index in [-0.39, 0.29) is 11.9 Å². The molecule has 214 valence electrons. The summed E-state index contributed by atoms with van der Waals surface area (Å²) in [6, 6.07) is 21.3. The number of benzene rings is 3. The van der Waals surface area contributed by atoms with E-state index in [4.69, 9.17) is 14.5 Å². The van der Waals surface area contributed by atoms with Gasteiger partial charge >= 0.3 is 0 Å². The van der Waals surface area contributed by atoms with E-state index in [1.165, 1.54) is 49.3 Å². The number of carbonyl (C=O) groups excluding carboxylic acids is 1. The molecule has 3 aliphatic rings. The number of ether oxygens (including phenoxy) is 2. The summed E-state index contributed by atoms with van der Waals surface area (Å²) in [6.45, 7) is 2.97. The van der Waals surface area contributed by atoms with Crippen molar-refractivity contribution in [3.8, 4) is 11.5 Å². The molecule has 6 heteroatoms. The first kappa shape index (κ1) is 27.9. The third-order valence-electron chi connectivity index (χ3n) is 8.42. The molecule has 41 heavy (non-hydrogen) atoms. The first-order chi connectivity index (χ1) is 20.2. The molecule has 1 heterocycles. The summed E-state index contributed by atoms with van der Waals surface area (Å²) in [7, 11) is 0. The van der Waals surface area contributed by atoms with Gasteiger partial charge in [-0.2, -0.15) is 0 Å². The first-order valence-corrected chi connectivity index (χ1v) is 16.2. The molecule has 1 saturated heterocycles. The Bertz CT molecular complexity index is 1440. The second-order valence-electron chi connectivity index (χ2n) is 11.4. The summed E-state index contributed by atoms with van der Waals surface area (Å²) in [4.78, 5) is 21.7. The molecule has 0 spiro atoms. The number of aliphatic imine (C=N–C) groups is 1. The fraction of sp³-hybridized carbons (Fsp3) is 0.429. The molecular weight excluding hydrogens is 528 g/mol. The number of nitrogens with zero attached hydrogens (tertiary/aromatic N) is 2. The zero-order chi connectivity index (χ0) is 28.0. The lowest BCUT2D eigenvalue weighted by atomic mass is 9.94. The van der Waals surface area contributed by atoms with E-state index in [0.29, 0.717) is 30.8 Å². The van der Waals surface area contributed by atoms with E-state index >= 15 is 0 Å². The topological polar surface area (TPSA) is 51.1 Å². The maximum absolute atomic E-state index is 13.8. The number of amidine groups is 1. The highest BCUT2D eigenvalue weighted by Crippen LogP contribution is 2.39. The van der Waals surface area contributed by atoms with E-state index in [1.54, 1.807) is 11.8 Å². The average molecular weight is 569 g/mol. The van der Waals surface area contributed by atoms with Crippen molar-refractivity contribution in [3.05, 3.63) is 76.7 Å². The lowest BCUT2D eigenvalue weighted by Crippen LogP contribution is -2.41. The summed E-state index contributed by atoms with van der Waals surface area (Å²) < 4.78 is 12.2. The zero-order valence-corrected chi connectivity index (χ0v) is 24.8. The number of fused-ring (bicyclic) bond motifs is 1. The highest BCUT2D eigenvalue weighted by molar-refractivity contribution is 8.18. The molecule has 0 atom stereocenters. The van der Waals surface area contributed by atoms with Crippen LogP contribution in [0.5, 0.6) is 11.5 Å². The molecule has 0 bridgehead atoms. The fourth-order valence-corrected chi connectivity index (χ4v) is 7.36. The molecule has 3 aromatic rings. The standard InChI is InChI=1S/C35H40N2O3S/c1-2-39-32-22-25(18-20-31(32)40-24-26-17-19-27-11-9-10-12-28(27)21-26)23-33-34(38)37(30-15-7-4-8-16-30)35(41-33)36-29-13-5-3-6-14-29/h9-12,17-23,29-30H,2-8,13-16,24H2,1H3. The lowest BCUT2D eigenvalue weighted by molar-refractivity contribution is -0.124. The van der Waals surface area contributed by atoms with Crippen LogP contribution in [-0.2, 0) is 11.4 Å². The monoisotopic (exact) mass is 568 g/mol. The minimum Gasteiger partial charge on any atom is -0.490 e. The molecule has 6 rings (SSSR count). The average Bonchev–Trinajstić information content (AvgIpc) is 3.31. The number of hydrogen-bond donors (Lipinski definition) is 0. The van der Waals surface area contributed by atoms with Gasteiger partial charge < -0.3 is 9.47 Å². The van der Waals surface area contributed by atoms with Crippen molar-refractivity contribution in [1.29, 1.82) is 0 Å². The third-order valence-corrected chi connectivity index (χ3v) is 9.42. The van der Waals surface area contributed by atoms with Gasteiger partial charge in [0.25, 0.3) is 5.91 Å². The van der Waals surface area contributed by atoms with Gasteiger partial charge in [-0.1, -0.05) is 81.0 Å². The predicted molar refractivity (Wildman–Crippen MR) is 169 cm³/mol. The smallest absolute Gasteiger partial charge is 0.266 e.